The van der Waals surface area contributed by atoms with Crippen LogP contribution in [0.1, 0.15) is 35.3 Å². The molecule has 0 fully saturated rings. The fourth-order valence-electron chi connectivity index (χ4n) is 2.53. The van der Waals surface area contributed by atoms with Crippen molar-refractivity contribution in [1.29, 1.82) is 5.26 Å². The molecule has 1 amide bonds. The normalized spacial score (nSPS) is 10.6. The predicted molar refractivity (Wildman–Crippen MR) is 101 cm³/mol. The lowest BCUT2D eigenvalue weighted by atomic mass is 10.0. The van der Waals surface area contributed by atoms with Gasteiger partial charge < -0.3 is 5.32 Å². The van der Waals surface area contributed by atoms with Crippen LogP contribution in [0.15, 0.2) is 54.7 Å². The van der Waals surface area contributed by atoms with Crippen molar-refractivity contribution in [3.63, 3.8) is 0 Å². The first-order valence-corrected chi connectivity index (χ1v) is 8.28. The molecule has 0 unspecified atom stereocenters. The fourth-order valence-corrected chi connectivity index (χ4v) is 2.53. The van der Waals surface area contributed by atoms with Crippen LogP contribution in [0.3, 0.4) is 0 Å². The van der Waals surface area contributed by atoms with Gasteiger partial charge in [-0.2, -0.15) is 5.26 Å². The summed E-state index contributed by atoms with van der Waals surface area (Å²) in [4.78, 5) is 16.6. The van der Waals surface area contributed by atoms with E-state index in [2.05, 4.69) is 28.2 Å². The number of halogens is 1. The van der Waals surface area contributed by atoms with E-state index in [1.807, 2.05) is 0 Å². The summed E-state index contributed by atoms with van der Waals surface area (Å²) in [7, 11) is 0. The molecule has 0 saturated carbocycles. The molecule has 27 heavy (non-hydrogen) atoms. The number of nitriles is 1. The molecule has 0 radical (unpaired) electrons. The molecule has 1 aromatic heterocycles. The monoisotopic (exact) mass is 357 g/mol. The molecule has 0 atom stereocenters. The van der Waals surface area contributed by atoms with Crippen LogP contribution >= 0.6 is 0 Å². The molecular weight excluding hydrogens is 341 g/mol. The molecule has 1 heterocycles. The number of fused-ring (bicyclic) bond motifs is 1. The van der Waals surface area contributed by atoms with Crippen molar-refractivity contribution in [1.82, 2.24) is 10.3 Å². The number of aromatic nitrogens is 1. The van der Waals surface area contributed by atoms with Gasteiger partial charge >= 0.3 is 0 Å². The summed E-state index contributed by atoms with van der Waals surface area (Å²) in [6.45, 7) is 3.56. The van der Waals surface area contributed by atoms with E-state index in [-0.39, 0.29) is 11.4 Å². The lowest BCUT2D eigenvalue weighted by Crippen LogP contribution is -2.42. The van der Waals surface area contributed by atoms with E-state index >= 15 is 0 Å². The lowest BCUT2D eigenvalue weighted by molar-refractivity contribution is 0.0929. The predicted octanol–water partition coefficient (Wildman–Crippen LogP) is 3.81. The van der Waals surface area contributed by atoms with Gasteiger partial charge in [-0.15, -0.1) is 0 Å². The topological polar surface area (TPSA) is 65.8 Å². The maximum absolute atomic E-state index is 13.7. The zero-order chi connectivity index (χ0) is 19.4. The Morgan fingerprint density at radius 3 is 2.67 bits per heavy atom. The molecule has 0 bridgehead atoms. The molecule has 2 aromatic carbocycles. The molecule has 1 N–H and O–H groups in total. The second kappa shape index (κ2) is 7.27. The first-order valence-electron chi connectivity index (χ1n) is 8.28. The maximum atomic E-state index is 13.7. The average molecular weight is 357 g/mol. The van der Waals surface area contributed by atoms with Crippen LogP contribution in [0.5, 0.6) is 0 Å². The Balaban J connectivity index is 1.80. The molecule has 3 rings (SSSR count). The number of benzene rings is 2. The first-order chi connectivity index (χ1) is 12.9. The summed E-state index contributed by atoms with van der Waals surface area (Å²) in [5, 5.41) is 12.3. The number of carbonyl (C=O) groups is 1. The molecule has 0 aliphatic rings. The van der Waals surface area contributed by atoms with Gasteiger partial charge in [0, 0.05) is 17.1 Å². The molecule has 3 aromatic rings. The summed E-state index contributed by atoms with van der Waals surface area (Å²) in [6, 6.07) is 15.2. The number of nitrogens with zero attached hydrogens (tertiary/aromatic N) is 2. The quantitative estimate of drug-likeness (QED) is 0.710. The van der Waals surface area contributed by atoms with Crippen LogP contribution < -0.4 is 5.32 Å². The van der Waals surface area contributed by atoms with E-state index in [0.717, 1.165) is 0 Å². The van der Waals surface area contributed by atoms with Gasteiger partial charge in [0.15, 0.2) is 0 Å². The Morgan fingerprint density at radius 1 is 1.15 bits per heavy atom. The van der Waals surface area contributed by atoms with Gasteiger partial charge in [-0.25, -0.2) is 4.39 Å². The summed E-state index contributed by atoms with van der Waals surface area (Å²) >= 11 is 0. The van der Waals surface area contributed by atoms with Crippen molar-refractivity contribution in [2.24, 2.45) is 0 Å². The molecule has 4 nitrogen and oxygen atoms in total. The lowest BCUT2D eigenvalue weighted by Gasteiger charge is -2.20. The molecule has 0 aliphatic carbocycles. The van der Waals surface area contributed by atoms with Gasteiger partial charge in [-0.3, -0.25) is 9.78 Å². The summed E-state index contributed by atoms with van der Waals surface area (Å²) < 4.78 is 13.7. The minimum absolute atomic E-state index is 0.227. The van der Waals surface area contributed by atoms with Crippen molar-refractivity contribution in [2.45, 2.75) is 19.4 Å². The number of amides is 1. The number of rotatable bonds is 2. The average Bonchev–Trinajstić information content (AvgIpc) is 2.66. The minimum Gasteiger partial charge on any atom is -0.336 e. The van der Waals surface area contributed by atoms with Crippen LogP contribution in [-0.2, 0) is 0 Å². The van der Waals surface area contributed by atoms with Crippen LogP contribution in [0, 0.1) is 29.0 Å². The van der Waals surface area contributed by atoms with E-state index < -0.39 is 11.4 Å². The number of pyridine rings is 1. The Bertz CT molecular complexity index is 1130. The molecule has 0 aliphatic heterocycles. The van der Waals surface area contributed by atoms with Gasteiger partial charge in [0.05, 0.1) is 22.7 Å². The zero-order valence-electron chi connectivity index (χ0n) is 14.9. The highest BCUT2D eigenvalue weighted by Crippen LogP contribution is 2.17. The molecular formula is C22H16FN3O. The van der Waals surface area contributed by atoms with Gasteiger partial charge in [0.2, 0.25) is 0 Å². The number of para-hydroxylation sites is 1. The van der Waals surface area contributed by atoms with Crippen molar-refractivity contribution in [3.05, 3.63) is 77.2 Å². The number of carbonyl (C=O) groups excluding carboxylic acids is 1. The molecule has 0 saturated heterocycles. The highest BCUT2D eigenvalue weighted by Gasteiger charge is 2.19. The Hall–Kier alpha value is -3.70. The van der Waals surface area contributed by atoms with Crippen molar-refractivity contribution < 1.29 is 9.18 Å². The highest BCUT2D eigenvalue weighted by molar-refractivity contribution is 5.97. The molecule has 132 valence electrons. The largest absolute Gasteiger partial charge is 0.336 e. The van der Waals surface area contributed by atoms with Crippen molar-refractivity contribution in [3.8, 4) is 17.9 Å². The van der Waals surface area contributed by atoms with E-state index in [0.29, 0.717) is 22.1 Å². The number of hydrogen-bond donors (Lipinski definition) is 1. The molecule has 0 spiro atoms. The van der Waals surface area contributed by atoms with Gasteiger partial charge in [0.25, 0.3) is 5.91 Å². The number of hydrogen-bond acceptors (Lipinski definition) is 3. The Labute approximate surface area is 156 Å². The third-order valence-electron chi connectivity index (χ3n) is 3.86. The van der Waals surface area contributed by atoms with Crippen molar-refractivity contribution in [2.75, 3.05) is 0 Å². The maximum Gasteiger partial charge on any atom is 0.254 e. The molecule has 5 heteroatoms. The van der Waals surface area contributed by atoms with Crippen LogP contribution in [0.4, 0.5) is 4.39 Å². The standard InChI is InChI=1S/C22H16FN3O/c1-22(2,10-9-15-5-3-6-16(11-15)13-24)26-21(27)18-12-17-7-4-8-19(23)20(17)25-14-18/h3-8,11-12,14H,1-2H3,(H,26,27). The third-order valence-corrected chi connectivity index (χ3v) is 3.86. The minimum atomic E-state index is -0.809. The summed E-state index contributed by atoms with van der Waals surface area (Å²) in [6.07, 6.45) is 1.35. The van der Waals surface area contributed by atoms with Crippen molar-refractivity contribution >= 4 is 16.8 Å². The summed E-state index contributed by atoms with van der Waals surface area (Å²) in [5.74, 6) is 5.20. The van der Waals surface area contributed by atoms with Gasteiger partial charge in [-0.1, -0.05) is 30.0 Å². The summed E-state index contributed by atoms with van der Waals surface area (Å²) in [5.41, 5.74) is 0.966. The van der Waals surface area contributed by atoms with Gasteiger partial charge in [0.1, 0.15) is 11.3 Å². The Morgan fingerprint density at radius 2 is 1.89 bits per heavy atom. The first kappa shape index (κ1) is 18.1. The van der Waals surface area contributed by atoms with Crippen LogP contribution in [-0.4, -0.2) is 16.4 Å². The van der Waals surface area contributed by atoms with E-state index in [9.17, 15) is 9.18 Å². The second-order valence-electron chi connectivity index (χ2n) is 6.56. The SMILES string of the molecule is CC(C)(C#Cc1cccc(C#N)c1)NC(=O)c1cnc2c(F)cccc2c1. The van der Waals surface area contributed by atoms with E-state index in [1.54, 1.807) is 56.3 Å². The van der Waals surface area contributed by atoms with E-state index in [4.69, 9.17) is 5.26 Å². The second-order valence-corrected chi connectivity index (χ2v) is 6.56. The van der Waals surface area contributed by atoms with E-state index in [1.165, 1.54) is 12.3 Å². The zero-order valence-corrected chi connectivity index (χ0v) is 14.9. The van der Waals surface area contributed by atoms with Crippen LogP contribution in [0.25, 0.3) is 10.9 Å². The third kappa shape index (κ3) is 4.29. The smallest absolute Gasteiger partial charge is 0.254 e. The van der Waals surface area contributed by atoms with Gasteiger partial charge in [-0.05, 0) is 44.2 Å². The highest BCUT2D eigenvalue weighted by atomic mass is 19.1. The number of nitrogens with one attached hydrogen (secondary N) is 1. The van der Waals surface area contributed by atoms with Crippen LogP contribution in [0.2, 0.25) is 0 Å². The Kier molecular flexibility index (Phi) is 4.88. The fraction of sp³-hybridized carbons (Fsp3) is 0.136.